The van der Waals surface area contributed by atoms with Crippen LogP contribution >= 0.6 is 23.2 Å². The number of nitrogens with two attached hydrogens (primary N) is 1. The van der Waals surface area contributed by atoms with Crippen molar-refractivity contribution in [2.75, 3.05) is 31.3 Å². The number of methoxy groups -OCH3 is 1. The monoisotopic (exact) mass is 459 g/mol. The lowest BCUT2D eigenvalue weighted by Crippen LogP contribution is -2.11. The largest absolute Gasteiger partial charge is 0.486 e. The van der Waals surface area contributed by atoms with Gasteiger partial charge in [0, 0.05) is 54.6 Å². The number of hydrogen-bond donors (Lipinski definition) is 3. The average Bonchev–Trinajstić information content (AvgIpc) is 2.75. The fourth-order valence-corrected chi connectivity index (χ4v) is 3.69. The first-order valence-electron chi connectivity index (χ1n) is 9.54. The van der Waals surface area contributed by atoms with Crippen molar-refractivity contribution in [1.29, 1.82) is 5.41 Å². The van der Waals surface area contributed by atoms with Gasteiger partial charge in [-0.05, 0) is 37.3 Å². The molecule has 0 aliphatic carbocycles. The lowest BCUT2D eigenvalue weighted by Gasteiger charge is -2.18. The van der Waals surface area contributed by atoms with E-state index in [1.54, 1.807) is 43.6 Å². The molecule has 1 aromatic carbocycles. The Bertz CT molecular complexity index is 1060. The minimum Gasteiger partial charge on any atom is -0.486 e. The molecule has 2 heterocycles. The molecule has 1 atom stereocenters. The van der Waals surface area contributed by atoms with Gasteiger partial charge in [0.1, 0.15) is 17.7 Å². The molecule has 0 saturated heterocycles. The summed E-state index contributed by atoms with van der Waals surface area (Å²) in [5.74, 6) is 1.19. The molecule has 0 unspecified atom stereocenters. The van der Waals surface area contributed by atoms with Crippen LogP contribution in [0.3, 0.4) is 0 Å². The summed E-state index contributed by atoms with van der Waals surface area (Å²) < 4.78 is 11.1. The molecule has 162 valence electrons. The Labute approximate surface area is 191 Å². The van der Waals surface area contributed by atoms with Crippen molar-refractivity contribution in [3.63, 3.8) is 0 Å². The highest BCUT2D eigenvalue weighted by atomic mass is 35.5. The number of anilines is 2. The van der Waals surface area contributed by atoms with Gasteiger partial charge in [-0.2, -0.15) is 0 Å². The van der Waals surface area contributed by atoms with Gasteiger partial charge in [-0.3, -0.25) is 10.4 Å². The summed E-state index contributed by atoms with van der Waals surface area (Å²) in [5, 5.41) is 12.7. The molecule has 31 heavy (non-hydrogen) atoms. The molecular formula is C22H23Cl2N5O2. The second-order valence-electron chi connectivity index (χ2n) is 6.75. The van der Waals surface area contributed by atoms with E-state index < -0.39 is 6.10 Å². The highest BCUT2D eigenvalue weighted by Gasteiger charge is 2.17. The zero-order valence-corrected chi connectivity index (χ0v) is 18.7. The molecule has 0 saturated carbocycles. The van der Waals surface area contributed by atoms with Gasteiger partial charge in [-0.25, -0.2) is 4.98 Å². The van der Waals surface area contributed by atoms with Gasteiger partial charge in [0.2, 0.25) is 0 Å². The standard InChI is InChI=1S/C22H23Cl2N5O2/c1-13(21-17(23)11-27-12-18(21)24)31-15-3-4-19(25)16(10-15)22(26)14-5-6-28-20(9-14)29-7-8-30-2/h3-6,9-13,26H,7-8,25H2,1-2H3,(H,28,29)/t13-/m1/s1. The maximum atomic E-state index is 8.67. The summed E-state index contributed by atoms with van der Waals surface area (Å²) in [4.78, 5) is 8.23. The molecular weight excluding hydrogens is 437 g/mol. The van der Waals surface area contributed by atoms with Crippen LogP contribution < -0.4 is 15.8 Å². The van der Waals surface area contributed by atoms with Gasteiger partial charge in [0.05, 0.1) is 22.4 Å². The third kappa shape index (κ3) is 5.64. The fourth-order valence-electron chi connectivity index (χ4n) is 3.02. The van der Waals surface area contributed by atoms with Crippen LogP contribution in [-0.4, -0.2) is 35.9 Å². The van der Waals surface area contributed by atoms with E-state index in [1.807, 2.05) is 6.92 Å². The third-order valence-corrected chi connectivity index (χ3v) is 5.17. The highest BCUT2D eigenvalue weighted by molar-refractivity contribution is 6.35. The quantitative estimate of drug-likeness (QED) is 0.236. The maximum absolute atomic E-state index is 8.67. The second kappa shape index (κ2) is 10.4. The number of pyridine rings is 2. The van der Waals surface area contributed by atoms with Gasteiger partial charge < -0.3 is 20.5 Å². The van der Waals surface area contributed by atoms with E-state index in [-0.39, 0.29) is 5.71 Å². The predicted molar refractivity (Wildman–Crippen MR) is 125 cm³/mol. The fraction of sp³-hybridized carbons (Fsp3) is 0.227. The zero-order valence-electron chi connectivity index (χ0n) is 17.2. The predicted octanol–water partition coefficient (Wildman–Crippen LogP) is 4.98. The summed E-state index contributed by atoms with van der Waals surface area (Å²) in [5.41, 5.74) is 8.75. The van der Waals surface area contributed by atoms with E-state index in [0.29, 0.717) is 57.1 Å². The normalized spacial score (nSPS) is 11.7. The van der Waals surface area contributed by atoms with Gasteiger partial charge in [0.25, 0.3) is 0 Å². The number of nitrogen functional groups attached to an aromatic ring is 1. The Morgan fingerprint density at radius 3 is 2.65 bits per heavy atom. The lowest BCUT2D eigenvalue weighted by atomic mass is 10.0. The van der Waals surface area contributed by atoms with Crippen molar-refractivity contribution >= 4 is 40.4 Å². The van der Waals surface area contributed by atoms with Crippen molar-refractivity contribution in [3.8, 4) is 5.75 Å². The summed E-state index contributed by atoms with van der Waals surface area (Å²) in [6.07, 6.45) is 4.26. The van der Waals surface area contributed by atoms with Crippen LogP contribution in [0.25, 0.3) is 0 Å². The minimum atomic E-state index is -0.425. The van der Waals surface area contributed by atoms with Crippen molar-refractivity contribution in [2.24, 2.45) is 0 Å². The van der Waals surface area contributed by atoms with Crippen LogP contribution in [0.2, 0.25) is 10.0 Å². The molecule has 0 aliphatic heterocycles. The zero-order chi connectivity index (χ0) is 22.4. The highest BCUT2D eigenvalue weighted by Crippen LogP contribution is 2.33. The second-order valence-corrected chi connectivity index (χ2v) is 7.56. The first-order valence-corrected chi connectivity index (χ1v) is 10.3. The van der Waals surface area contributed by atoms with Crippen LogP contribution in [-0.2, 0) is 4.74 Å². The Balaban J connectivity index is 1.82. The average molecular weight is 460 g/mol. The molecule has 3 rings (SSSR count). The van der Waals surface area contributed by atoms with Crippen LogP contribution in [0.4, 0.5) is 11.5 Å². The lowest BCUT2D eigenvalue weighted by molar-refractivity contribution is 0.210. The molecule has 0 radical (unpaired) electrons. The van der Waals surface area contributed by atoms with Crippen molar-refractivity contribution in [2.45, 2.75) is 13.0 Å². The molecule has 0 fully saturated rings. The molecule has 4 N–H and O–H groups in total. The van der Waals surface area contributed by atoms with Gasteiger partial charge in [0.15, 0.2) is 0 Å². The van der Waals surface area contributed by atoms with Crippen molar-refractivity contribution < 1.29 is 9.47 Å². The number of ether oxygens (including phenoxy) is 2. The molecule has 7 nitrogen and oxygen atoms in total. The Kier molecular flexibility index (Phi) is 7.68. The van der Waals surface area contributed by atoms with E-state index in [2.05, 4.69) is 15.3 Å². The number of nitrogens with zero attached hydrogens (tertiary/aromatic N) is 2. The Hall–Kier alpha value is -2.87. The van der Waals surface area contributed by atoms with Gasteiger partial charge >= 0.3 is 0 Å². The van der Waals surface area contributed by atoms with E-state index in [1.165, 1.54) is 12.4 Å². The number of nitrogens with one attached hydrogen (secondary N) is 2. The number of halogens is 2. The molecule has 9 heteroatoms. The van der Waals surface area contributed by atoms with Gasteiger partial charge in [-0.15, -0.1) is 0 Å². The van der Waals surface area contributed by atoms with Crippen molar-refractivity contribution in [3.05, 3.63) is 75.7 Å². The summed E-state index contributed by atoms with van der Waals surface area (Å²) in [6.45, 7) is 3.01. The molecule has 0 bridgehead atoms. The molecule has 0 aliphatic rings. The van der Waals surface area contributed by atoms with E-state index in [9.17, 15) is 0 Å². The van der Waals surface area contributed by atoms with Gasteiger partial charge in [-0.1, -0.05) is 23.2 Å². The number of aromatic nitrogens is 2. The van der Waals surface area contributed by atoms with Crippen LogP contribution in [0.1, 0.15) is 29.7 Å². The van der Waals surface area contributed by atoms with Crippen LogP contribution in [0.5, 0.6) is 5.75 Å². The summed E-state index contributed by atoms with van der Waals surface area (Å²) >= 11 is 12.5. The molecule has 0 amide bonds. The van der Waals surface area contributed by atoms with Crippen LogP contribution in [0.15, 0.2) is 48.9 Å². The number of benzene rings is 1. The SMILES string of the molecule is COCCNc1cc(C(=N)c2cc(O[C@H](C)c3c(Cl)cncc3Cl)ccc2N)ccn1. The molecule has 3 aromatic rings. The van der Waals surface area contributed by atoms with E-state index >= 15 is 0 Å². The van der Waals surface area contributed by atoms with Crippen molar-refractivity contribution in [1.82, 2.24) is 9.97 Å². The molecule has 0 spiro atoms. The topological polar surface area (TPSA) is 106 Å². The number of rotatable bonds is 9. The van der Waals surface area contributed by atoms with E-state index in [0.717, 1.165) is 0 Å². The van der Waals surface area contributed by atoms with Crippen LogP contribution in [0, 0.1) is 5.41 Å². The minimum absolute atomic E-state index is 0.257. The summed E-state index contributed by atoms with van der Waals surface area (Å²) in [6, 6.07) is 8.74. The first-order chi connectivity index (χ1) is 14.9. The summed E-state index contributed by atoms with van der Waals surface area (Å²) in [7, 11) is 1.64. The third-order valence-electron chi connectivity index (χ3n) is 4.56. The Morgan fingerprint density at radius 2 is 1.94 bits per heavy atom. The number of hydrogen-bond acceptors (Lipinski definition) is 7. The Morgan fingerprint density at radius 1 is 1.19 bits per heavy atom. The smallest absolute Gasteiger partial charge is 0.126 e. The maximum Gasteiger partial charge on any atom is 0.126 e. The first kappa shape index (κ1) is 22.8. The van der Waals surface area contributed by atoms with E-state index in [4.69, 9.17) is 43.8 Å². The molecule has 2 aromatic heterocycles.